The molecule has 0 aromatic carbocycles. The summed E-state index contributed by atoms with van der Waals surface area (Å²) in [4.78, 5) is 10.6. The summed E-state index contributed by atoms with van der Waals surface area (Å²) in [6, 6.07) is 2.46. The van der Waals surface area contributed by atoms with Crippen LogP contribution in [0.15, 0.2) is 12.4 Å². The monoisotopic (exact) mass is 206 g/mol. The number of hydrogen-bond donors (Lipinski definition) is 1. The summed E-state index contributed by atoms with van der Waals surface area (Å²) in [6.45, 7) is 5.60. The topological polar surface area (TPSA) is 55.0 Å². The van der Waals surface area contributed by atoms with Crippen LogP contribution in [0.25, 0.3) is 0 Å². The highest BCUT2D eigenvalue weighted by molar-refractivity contribution is 5.47. The zero-order chi connectivity index (χ0) is 10.8. The SMILES string of the molecule is CC(C)C1CCCN1c1cc(N)ncn1. The Hall–Kier alpha value is -1.32. The lowest BCUT2D eigenvalue weighted by atomic mass is 10.0. The van der Waals surface area contributed by atoms with Crippen LogP contribution >= 0.6 is 0 Å². The van der Waals surface area contributed by atoms with Gasteiger partial charge in [0.05, 0.1) is 0 Å². The molecule has 1 aromatic rings. The highest BCUT2D eigenvalue weighted by atomic mass is 15.2. The van der Waals surface area contributed by atoms with Gasteiger partial charge in [0.25, 0.3) is 0 Å². The van der Waals surface area contributed by atoms with Gasteiger partial charge in [-0.1, -0.05) is 13.8 Å². The van der Waals surface area contributed by atoms with Crippen LogP contribution in [0, 0.1) is 5.92 Å². The molecule has 0 aliphatic carbocycles. The number of nitrogens with zero attached hydrogens (tertiary/aromatic N) is 3. The molecule has 2 N–H and O–H groups in total. The lowest BCUT2D eigenvalue weighted by Gasteiger charge is -2.28. The normalized spacial score (nSPS) is 21.3. The molecule has 15 heavy (non-hydrogen) atoms. The first-order valence-electron chi connectivity index (χ1n) is 5.52. The van der Waals surface area contributed by atoms with Gasteiger partial charge in [-0.2, -0.15) is 0 Å². The third-order valence-electron chi connectivity index (χ3n) is 3.04. The summed E-state index contributed by atoms with van der Waals surface area (Å²) < 4.78 is 0. The first-order chi connectivity index (χ1) is 7.18. The molecule has 0 bridgehead atoms. The van der Waals surface area contributed by atoms with E-state index in [1.54, 1.807) is 6.33 Å². The second kappa shape index (κ2) is 4.04. The van der Waals surface area contributed by atoms with E-state index < -0.39 is 0 Å². The molecular weight excluding hydrogens is 188 g/mol. The number of hydrogen-bond acceptors (Lipinski definition) is 4. The van der Waals surface area contributed by atoms with E-state index in [1.165, 1.54) is 12.8 Å². The highest BCUT2D eigenvalue weighted by Gasteiger charge is 2.27. The van der Waals surface area contributed by atoms with Crippen LogP contribution in [0.1, 0.15) is 26.7 Å². The maximum Gasteiger partial charge on any atom is 0.134 e. The van der Waals surface area contributed by atoms with Gasteiger partial charge in [0.2, 0.25) is 0 Å². The summed E-state index contributed by atoms with van der Waals surface area (Å²) in [5.41, 5.74) is 5.67. The van der Waals surface area contributed by atoms with Crippen molar-refractivity contribution < 1.29 is 0 Å². The van der Waals surface area contributed by atoms with E-state index in [9.17, 15) is 0 Å². The van der Waals surface area contributed by atoms with Crippen LogP contribution < -0.4 is 10.6 Å². The Kier molecular flexibility index (Phi) is 2.75. The number of anilines is 2. The molecule has 1 aliphatic heterocycles. The maximum atomic E-state index is 5.67. The molecule has 1 unspecified atom stereocenters. The Bertz CT molecular complexity index is 337. The van der Waals surface area contributed by atoms with E-state index >= 15 is 0 Å². The minimum absolute atomic E-state index is 0.550. The predicted molar refractivity (Wildman–Crippen MR) is 61.7 cm³/mol. The fourth-order valence-corrected chi connectivity index (χ4v) is 2.29. The number of nitrogens with two attached hydrogens (primary N) is 1. The predicted octanol–water partition coefficient (Wildman–Crippen LogP) is 1.68. The van der Waals surface area contributed by atoms with E-state index in [0.717, 1.165) is 12.4 Å². The van der Waals surface area contributed by atoms with Crippen molar-refractivity contribution in [3.8, 4) is 0 Å². The average molecular weight is 206 g/mol. The smallest absolute Gasteiger partial charge is 0.134 e. The Morgan fingerprint density at radius 2 is 2.27 bits per heavy atom. The Balaban J connectivity index is 2.22. The van der Waals surface area contributed by atoms with Gasteiger partial charge >= 0.3 is 0 Å². The van der Waals surface area contributed by atoms with Crippen LogP contribution in [0.4, 0.5) is 11.6 Å². The van der Waals surface area contributed by atoms with Crippen molar-refractivity contribution in [2.75, 3.05) is 17.2 Å². The molecule has 1 aromatic heterocycles. The van der Waals surface area contributed by atoms with Crippen molar-refractivity contribution >= 4 is 11.6 Å². The van der Waals surface area contributed by atoms with Crippen molar-refractivity contribution in [3.05, 3.63) is 12.4 Å². The number of nitrogen functional groups attached to an aromatic ring is 1. The second-order valence-corrected chi connectivity index (χ2v) is 4.45. The van der Waals surface area contributed by atoms with Gasteiger partial charge in [0.15, 0.2) is 0 Å². The van der Waals surface area contributed by atoms with E-state index in [4.69, 9.17) is 5.73 Å². The molecule has 4 nitrogen and oxygen atoms in total. The fourth-order valence-electron chi connectivity index (χ4n) is 2.29. The van der Waals surface area contributed by atoms with Crippen LogP contribution in [-0.2, 0) is 0 Å². The van der Waals surface area contributed by atoms with Crippen LogP contribution in [0.5, 0.6) is 0 Å². The largest absolute Gasteiger partial charge is 0.384 e. The van der Waals surface area contributed by atoms with Gasteiger partial charge < -0.3 is 10.6 Å². The van der Waals surface area contributed by atoms with Gasteiger partial charge in [-0.3, -0.25) is 0 Å². The third kappa shape index (κ3) is 2.03. The van der Waals surface area contributed by atoms with Crippen molar-refractivity contribution in [2.45, 2.75) is 32.7 Å². The molecule has 1 aliphatic rings. The minimum atomic E-state index is 0.550. The van der Waals surface area contributed by atoms with Gasteiger partial charge in [-0.15, -0.1) is 0 Å². The van der Waals surface area contributed by atoms with E-state index in [1.807, 2.05) is 6.07 Å². The molecule has 1 saturated heterocycles. The zero-order valence-electron chi connectivity index (χ0n) is 9.35. The van der Waals surface area contributed by atoms with E-state index in [-0.39, 0.29) is 0 Å². The third-order valence-corrected chi connectivity index (χ3v) is 3.04. The lowest BCUT2D eigenvalue weighted by molar-refractivity contribution is 0.489. The zero-order valence-corrected chi connectivity index (χ0v) is 9.35. The second-order valence-electron chi connectivity index (χ2n) is 4.45. The molecule has 0 amide bonds. The quantitative estimate of drug-likeness (QED) is 0.800. The first kappa shape index (κ1) is 10.2. The maximum absolute atomic E-state index is 5.67. The molecule has 0 spiro atoms. The van der Waals surface area contributed by atoms with Crippen molar-refractivity contribution in [2.24, 2.45) is 5.92 Å². The van der Waals surface area contributed by atoms with Gasteiger partial charge in [-0.25, -0.2) is 9.97 Å². The van der Waals surface area contributed by atoms with Crippen molar-refractivity contribution in [3.63, 3.8) is 0 Å². The fraction of sp³-hybridized carbons (Fsp3) is 0.636. The Labute approximate surface area is 90.5 Å². The molecular formula is C11H18N4. The molecule has 1 atom stereocenters. The van der Waals surface area contributed by atoms with E-state index in [0.29, 0.717) is 17.8 Å². The van der Waals surface area contributed by atoms with Gasteiger partial charge in [0.1, 0.15) is 18.0 Å². The molecule has 82 valence electrons. The van der Waals surface area contributed by atoms with Crippen LogP contribution in [0.3, 0.4) is 0 Å². The number of aromatic nitrogens is 2. The lowest BCUT2D eigenvalue weighted by Crippen LogP contribution is -2.34. The Morgan fingerprint density at radius 1 is 1.47 bits per heavy atom. The standard InChI is InChI=1S/C11H18N4/c1-8(2)9-4-3-5-15(9)11-6-10(12)13-7-14-11/h6-9H,3-5H2,1-2H3,(H2,12,13,14). The molecule has 0 radical (unpaired) electrons. The summed E-state index contributed by atoms with van der Waals surface area (Å²) in [5, 5.41) is 0. The summed E-state index contributed by atoms with van der Waals surface area (Å²) in [7, 11) is 0. The molecule has 0 saturated carbocycles. The van der Waals surface area contributed by atoms with Crippen LogP contribution in [-0.4, -0.2) is 22.6 Å². The van der Waals surface area contributed by atoms with Crippen molar-refractivity contribution in [1.82, 2.24) is 9.97 Å². The summed E-state index contributed by atoms with van der Waals surface area (Å²) in [6.07, 6.45) is 4.04. The summed E-state index contributed by atoms with van der Waals surface area (Å²) in [5.74, 6) is 2.18. The van der Waals surface area contributed by atoms with E-state index in [2.05, 4.69) is 28.7 Å². The molecule has 2 rings (SSSR count). The molecule has 4 heteroatoms. The Morgan fingerprint density at radius 3 is 2.93 bits per heavy atom. The summed E-state index contributed by atoms with van der Waals surface area (Å²) >= 11 is 0. The van der Waals surface area contributed by atoms with Crippen LogP contribution in [0.2, 0.25) is 0 Å². The van der Waals surface area contributed by atoms with Gasteiger partial charge in [0, 0.05) is 18.7 Å². The number of rotatable bonds is 2. The van der Waals surface area contributed by atoms with Gasteiger partial charge in [-0.05, 0) is 18.8 Å². The molecule has 1 fully saturated rings. The minimum Gasteiger partial charge on any atom is -0.384 e. The van der Waals surface area contributed by atoms with Crippen molar-refractivity contribution in [1.29, 1.82) is 0 Å². The molecule has 2 heterocycles. The highest BCUT2D eigenvalue weighted by Crippen LogP contribution is 2.28. The first-order valence-corrected chi connectivity index (χ1v) is 5.52. The average Bonchev–Trinajstić information content (AvgIpc) is 2.65.